The molecule has 32 heavy (non-hydrogen) atoms. The molecule has 0 bridgehead atoms. The fraction of sp³-hybridized carbons (Fsp3) is 0.0909. The lowest BCUT2D eigenvalue weighted by atomic mass is 10.1. The van der Waals surface area contributed by atoms with Crippen molar-refractivity contribution in [2.75, 3.05) is 14.2 Å². The van der Waals surface area contributed by atoms with Gasteiger partial charge in [-0.25, -0.2) is 19.6 Å². The van der Waals surface area contributed by atoms with Crippen LogP contribution < -0.4 is 0 Å². The predicted octanol–water partition coefficient (Wildman–Crippen LogP) is 5.92. The van der Waals surface area contributed by atoms with Crippen molar-refractivity contribution >= 4 is 44.9 Å². The molecule has 2 aromatic carbocycles. The van der Waals surface area contributed by atoms with Crippen LogP contribution in [-0.4, -0.2) is 36.1 Å². The number of ether oxygens (including phenoxy) is 2. The normalized spacial score (nSPS) is 10.9. The van der Waals surface area contributed by atoms with Crippen molar-refractivity contribution in [2.45, 2.75) is 0 Å². The number of azo groups is 1. The third kappa shape index (κ3) is 4.46. The van der Waals surface area contributed by atoms with E-state index in [0.717, 1.165) is 11.1 Å². The first-order valence-electron chi connectivity index (χ1n) is 9.31. The second kappa shape index (κ2) is 9.58. The van der Waals surface area contributed by atoms with Gasteiger partial charge in [-0.2, -0.15) is 0 Å². The van der Waals surface area contributed by atoms with Gasteiger partial charge in [0.15, 0.2) is 11.4 Å². The fourth-order valence-corrected chi connectivity index (χ4v) is 4.59. The van der Waals surface area contributed by atoms with Crippen molar-refractivity contribution in [3.8, 4) is 20.9 Å². The van der Waals surface area contributed by atoms with E-state index in [0.29, 0.717) is 9.75 Å². The number of methoxy groups -OCH3 is 2. The van der Waals surface area contributed by atoms with Crippen molar-refractivity contribution in [1.82, 2.24) is 9.97 Å². The zero-order chi connectivity index (χ0) is 22.5. The molecule has 0 atom stereocenters. The summed E-state index contributed by atoms with van der Waals surface area (Å²) in [6, 6.07) is 18.7. The van der Waals surface area contributed by atoms with Crippen molar-refractivity contribution in [1.29, 1.82) is 0 Å². The average Bonchev–Trinajstić information content (AvgIpc) is 3.47. The molecule has 0 unspecified atom stereocenters. The molecule has 4 aromatic rings. The maximum Gasteiger partial charge on any atom is 0.358 e. The molecule has 10 heteroatoms. The molecule has 0 amide bonds. The topological polar surface area (TPSA) is 103 Å². The number of thiazole rings is 2. The van der Waals surface area contributed by atoms with Crippen LogP contribution in [0, 0.1) is 0 Å². The monoisotopic (exact) mass is 464 g/mol. The average molecular weight is 465 g/mol. The Labute approximate surface area is 191 Å². The van der Waals surface area contributed by atoms with Crippen LogP contribution in [0.5, 0.6) is 0 Å². The summed E-state index contributed by atoms with van der Waals surface area (Å²) in [5.74, 6) is -1.12. The lowest BCUT2D eigenvalue weighted by Gasteiger charge is -1.99. The molecule has 0 fully saturated rings. The Morgan fingerprint density at radius 1 is 0.688 bits per heavy atom. The SMILES string of the molecule is COC(=O)c1nc(N=Nc2nc(C(=O)OC)c(-c3ccccc3)s2)sc1-c1ccccc1. The second-order valence-corrected chi connectivity index (χ2v) is 8.22. The molecule has 0 saturated heterocycles. The van der Waals surface area contributed by atoms with Crippen LogP contribution in [0.3, 0.4) is 0 Å². The van der Waals surface area contributed by atoms with E-state index in [-0.39, 0.29) is 21.7 Å². The summed E-state index contributed by atoms with van der Waals surface area (Å²) in [5, 5.41) is 8.84. The first-order chi connectivity index (χ1) is 15.6. The smallest absolute Gasteiger partial charge is 0.358 e. The van der Waals surface area contributed by atoms with Crippen LogP contribution in [0.4, 0.5) is 10.3 Å². The van der Waals surface area contributed by atoms with Gasteiger partial charge in [0.25, 0.3) is 0 Å². The molecular formula is C22H16N4O4S2. The molecule has 0 N–H and O–H groups in total. The first kappa shape index (κ1) is 21.5. The summed E-state index contributed by atoms with van der Waals surface area (Å²) in [4.78, 5) is 34.2. The van der Waals surface area contributed by atoms with E-state index in [4.69, 9.17) is 9.47 Å². The Kier molecular flexibility index (Phi) is 6.43. The molecule has 0 aliphatic carbocycles. The zero-order valence-electron chi connectivity index (χ0n) is 17.0. The van der Waals surface area contributed by atoms with Crippen LogP contribution in [-0.2, 0) is 9.47 Å². The number of rotatable bonds is 6. The minimum atomic E-state index is -0.560. The summed E-state index contributed by atoms with van der Waals surface area (Å²) < 4.78 is 9.71. The van der Waals surface area contributed by atoms with E-state index >= 15 is 0 Å². The summed E-state index contributed by atoms with van der Waals surface area (Å²) in [6.45, 7) is 0. The number of nitrogens with zero attached hydrogens (tertiary/aromatic N) is 4. The van der Waals surface area contributed by atoms with Gasteiger partial charge in [-0.15, -0.1) is 10.2 Å². The molecule has 160 valence electrons. The van der Waals surface area contributed by atoms with E-state index in [9.17, 15) is 9.59 Å². The summed E-state index contributed by atoms with van der Waals surface area (Å²) in [7, 11) is 2.60. The van der Waals surface area contributed by atoms with Gasteiger partial charge in [-0.1, -0.05) is 83.3 Å². The molecule has 0 aliphatic heterocycles. The molecule has 4 rings (SSSR count). The van der Waals surface area contributed by atoms with Gasteiger partial charge in [-0.05, 0) is 11.1 Å². The number of hydrogen-bond donors (Lipinski definition) is 0. The van der Waals surface area contributed by atoms with Gasteiger partial charge >= 0.3 is 11.9 Å². The van der Waals surface area contributed by atoms with Crippen molar-refractivity contribution in [3.05, 3.63) is 72.1 Å². The highest BCUT2D eigenvalue weighted by Gasteiger charge is 2.22. The summed E-state index contributed by atoms with van der Waals surface area (Å²) >= 11 is 2.41. The van der Waals surface area contributed by atoms with Gasteiger partial charge in [0.2, 0.25) is 10.3 Å². The quantitative estimate of drug-likeness (QED) is 0.259. The standard InChI is InChI=1S/C22H16N4O4S2/c1-29-19(27)15-17(13-9-5-3-6-10-13)31-21(23-15)25-26-22-24-16(20(28)30-2)18(32-22)14-11-7-4-8-12-14/h3-12H,1-2H3. The number of aromatic nitrogens is 2. The lowest BCUT2D eigenvalue weighted by molar-refractivity contribution is 0.0587. The Bertz CT molecular complexity index is 1180. The first-order valence-corrected chi connectivity index (χ1v) is 10.9. The van der Waals surface area contributed by atoms with Crippen LogP contribution in [0.2, 0.25) is 0 Å². The number of hydrogen-bond acceptors (Lipinski definition) is 10. The Morgan fingerprint density at radius 3 is 1.41 bits per heavy atom. The fourth-order valence-electron chi connectivity index (χ4n) is 2.83. The number of esters is 2. The van der Waals surface area contributed by atoms with Gasteiger partial charge in [0.05, 0.1) is 24.0 Å². The highest BCUT2D eigenvalue weighted by Crippen LogP contribution is 2.38. The molecule has 2 heterocycles. The van der Waals surface area contributed by atoms with Gasteiger partial charge in [-0.3, -0.25) is 0 Å². The Balaban J connectivity index is 1.71. The number of carbonyl (C=O) groups excluding carboxylic acids is 2. The third-order valence-corrected chi connectivity index (χ3v) is 6.26. The molecule has 2 aromatic heterocycles. The van der Waals surface area contributed by atoms with Crippen LogP contribution in [0.15, 0.2) is 70.9 Å². The van der Waals surface area contributed by atoms with Gasteiger partial charge in [0.1, 0.15) is 0 Å². The molecule has 0 aliphatic rings. The van der Waals surface area contributed by atoms with Gasteiger partial charge in [0, 0.05) is 0 Å². The van der Waals surface area contributed by atoms with Crippen LogP contribution in [0.1, 0.15) is 21.0 Å². The van der Waals surface area contributed by atoms with Crippen molar-refractivity contribution in [2.24, 2.45) is 10.2 Å². The Hall–Kier alpha value is -3.76. The van der Waals surface area contributed by atoms with E-state index in [1.165, 1.54) is 36.9 Å². The van der Waals surface area contributed by atoms with Crippen molar-refractivity contribution in [3.63, 3.8) is 0 Å². The molecule has 0 spiro atoms. The summed E-state index contributed by atoms with van der Waals surface area (Å²) in [6.07, 6.45) is 0. The van der Waals surface area contributed by atoms with E-state index in [1.807, 2.05) is 60.7 Å². The van der Waals surface area contributed by atoms with Crippen molar-refractivity contribution < 1.29 is 19.1 Å². The van der Waals surface area contributed by atoms with E-state index in [2.05, 4.69) is 20.2 Å². The largest absolute Gasteiger partial charge is 0.464 e. The predicted molar refractivity (Wildman–Crippen MR) is 122 cm³/mol. The van der Waals surface area contributed by atoms with Gasteiger partial charge < -0.3 is 9.47 Å². The second-order valence-electron chi connectivity index (χ2n) is 6.26. The number of benzene rings is 2. The highest BCUT2D eigenvalue weighted by molar-refractivity contribution is 7.19. The van der Waals surface area contributed by atoms with Crippen LogP contribution in [0.25, 0.3) is 20.9 Å². The minimum Gasteiger partial charge on any atom is -0.464 e. The Morgan fingerprint density at radius 2 is 1.06 bits per heavy atom. The molecule has 8 nitrogen and oxygen atoms in total. The maximum absolute atomic E-state index is 12.2. The highest BCUT2D eigenvalue weighted by atomic mass is 32.1. The summed E-state index contributed by atoms with van der Waals surface area (Å²) in [5.41, 5.74) is 1.97. The minimum absolute atomic E-state index is 0.164. The lowest BCUT2D eigenvalue weighted by Crippen LogP contribution is -2.03. The molecule has 0 radical (unpaired) electrons. The van der Waals surface area contributed by atoms with E-state index in [1.54, 1.807) is 0 Å². The third-order valence-electron chi connectivity index (χ3n) is 4.28. The number of carbonyl (C=O) groups is 2. The molecular weight excluding hydrogens is 448 g/mol. The molecule has 0 saturated carbocycles. The zero-order valence-corrected chi connectivity index (χ0v) is 18.6. The van der Waals surface area contributed by atoms with E-state index < -0.39 is 11.9 Å². The van der Waals surface area contributed by atoms with Crippen LogP contribution >= 0.6 is 22.7 Å². The maximum atomic E-state index is 12.2.